The number of ether oxygens (including phenoxy) is 1. The van der Waals surface area contributed by atoms with Crippen molar-refractivity contribution in [1.29, 1.82) is 0 Å². The lowest BCUT2D eigenvalue weighted by Gasteiger charge is -2.12. The van der Waals surface area contributed by atoms with Gasteiger partial charge in [-0.2, -0.15) is 26.0 Å². The number of rotatable bonds is 3. The molecule has 0 aliphatic carbocycles. The van der Waals surface area contributed by atoms with Crippen molar-refractivity contribution in [1.82, 2.24) is 0 Å². The third kappa shape index (κ3) is 3.20. The minimum Gasteiger partial charge on any atom is -0.465 e. The Morgan fingerprint density at radius 3 is 2.10 bits per heavy atom. The molecule has 0 aliphatic rings. The molecule has 0 bridgehead atoms. The monoisotopic (exact) mass is 338 g/mol. The van der Waals surface area contributed by atoms with Crippen LogP contribution in [0.2, 0.25) is 0 Å². The Kier molecular flexibility index (Phi) is 4.41. The van der Waals surface area contributed by atoms with Gasteiger partial charge in [-0.05, 0) is 6.07 Å². The molecule has 0 amide bonds. The molecule has 1 rings (SSSR count). The normalized spacial score (nSPS) is 12.1. The van der Waals surface area contributed by atoms with Crippen molar-refractivity contribution in [3.05, 3.63) is 29.1 Å². The number of methoxy groups -OCH3 is 1. The van der Waals surface area contributed by atoms with Gasteiger partial charge in [-0.15, -0.1) is 0 Å². The number of alkyl halides is 3. The first-order valence-corrected chi connectivity index (χ1v) is 6.09. The van der Waals surface area contributed by atoms with Crippen LogP contribution in [0.3, 0.4) is 0 Å². The molecule has 118 valence electrons. The highest BCUT2D eigenvalue weighted by atomic mass is 32.2. The number of benzene rings is 1. The van der Waals surface area contributed by atoms with E-state index in [4.69, 9.17) is 0 Å². The van der Waals surface area contributed by atoms with Gasteiger partial charge in [-0.25, -0.2) is 13.6 Å². The smallest absolute Gasteiger partial charge is 0.465 e. The third-order valence-corrected chi connectivity index (χ3v) is 2.95. The van der Waals surface area contributed by atoms with Gasteiger partial charge in [0.1, 0.15) is 5.56 Å². The van der Waals surface area contributed by atoms with Gasteiger partial charge in [0.2, 0.25) is 11.6 Å². The number of carbonyl (C=O) groups is 1. The molecule has 1 aromatic rings. The van der Waals surface area contributed by atoms with Crippen LogP contribution in [0.25, 0.3) is 0 Å². The molecule has 0 atom stereocenters. The highest BCUT2D eigenvalue weighted by Gasteiger charge is 2.49. The Morgan fingerprint density at radius 2 is 1.67 bits per heavy atom. The van der Waals surface area contributed by atoms with Crippen molar-refractivity contribution in [3.8, 4) is 5.75 Å². The van der Waals surface area contributed by atoms with Gasteiger partial charge in [0.15, 0.2) is 11.6 Å². The lowest BCUT2D eigenvalue weighted by molar-refractivity contribution is -0.0502. The maximum atomic E-state index is 13.6. The predicted molar refractivity (Wildman–Crippen MR) is 53.3 cm³/mol. The molecule has 0 radical (unpaired) electrons. The van der Waals surface area contributed by atoms with E-state index >= 15 is 0 Å². The molecule has 0 fully saturated rings. The van der Waals surface area contributed by atoms with Crippen LogP contribution >= 0.6 is 0 Å². The van der Waals surface area contributed by atoms with Gasteiger partial charge in [0, 0.05) is 0 Å². The molecule has 0 unspecified atom stereocenters. The first-order chi connectivity index (χ1) is 9.42. The molecule has 21 heavy (non-hydrogen) atoms. The van der Waals surface area contributed by atoms with E-state index in [2.05, 4.69) is 8.92 Å². The minimum atomic E-state index is -6.46. The maximum absolute atomic E-state index is 13.6. The van der Waals surface area contributed by atoms with E-state index < -0.39 is 50.4 Å². The van der Waals surface area contributed by atoms with Crippen LogP contribution in [0, 0.1) is 17.5 Å². The summed E-state index contributed by atoms with van der Waals surface area (Å²) < 4.78 is 105. The van der Waals surface area contributed by atoms with Crippen molar-refractivity contribution in [2.24, 2.45) is 0 Å². The summed E-state index contributed by atoms with van der Waals surface area (Å²) in [5.41, 5.74) is -7.35. The molecular formula is C9H4F6O5S. The summed E-state index contributed by atoms with van der Waals surface area (Å²) in [5, 5.41) is 0. The standard InChI is InChI=1S/C9H4F6O5S/c1-19-8(16)3-2-4(10)6(12)7(5(3)11)20-21(17,18)9(13,14)15/h2H,1H3. The third-order valence-electron chi connectivity index (χ3n) is 2.00. The van der Waals surface area contributed by atoms with E-state index in [0.717, 1.165) is 7.11 Å². The van der Waals surface area contributed by atoms with Crippen molar-refractivity contribution >= 4 is 16.1 Å². The molecular weight excluding hydrogens is 334 g/mol. The van der Waals surface area contributed by atoms with E-state index in [1.165, 1.54) is 0 Å². The van der Waals surface area contributed by atoms with Gasteiger partial charge in [0.25, 0.3) is 0 Å². The fourth-order valence-electron chi connectivity index (χ4n) is 1.07. The summed E-state index contributed by atoms with van der Waals surface area (Å²) in [5.74, 6) is -10.3. The van der Waals surface area contributed by atoms with Crippen LogP contribution in [0.1, 0.15) is 10.4 Å². The summed E-state index contributed by atoms with van der Waals surface area (Å²) in [7, 11) is -5.74. The van der Waals surface area contributed by atoms with Crippen molar-refractivity contribution in [2.75, 3.05) is 7.11 Å². The largest absolute Gasteiger partial charge is 0.534 e. The fourth-order valence-corrected chi connectivity index (χ4v) is 1.53. The zero-order valence-electron chi connectivity index (χ0n) is 9.79. The van der Waals surface area contributed by atoms with Gasteiger partial charge in [-0.3, -0.25) is 0 Å². The van der Waals surface area contributed by atoms with Gasteiger partial charge < -0.3 is 8.92 Å². The SMILES string of the molecule is COC(=O)c1cc(F)c(F)c(OS(=O)(=O)C(F)(F)F)c1F. The Bertz CT molecular complexity index is 681. The molecule has 1 aromatic carbocycles. The molecule has 0 spiro atoms. The summed E-state index contributed by atoms with van der Waals surface area (Å²) in [4.78, 5) is 11.0. The van der Waals surface area contributed by atoms with Crippen LogP contribution < -0.4 is 4.18 Å². The van der Waals surface area contributed by atoms with Crippen molar-refractivity contribution < 1.29 is 48.5 Å². The van der Waals surface area contributed by atoms with Gasteiger partial charge in [-0.1, -0.05) is 0 Å². The zero-order valence-corrected chi connectivity index (χ0v) is 10.6. The molecule has 0 aromatic heterocycles. The quantitative estimate of drug-likeness (QED) is 0.278. The molecule has 12 heteroatoms. The van der Waals surface area contributed by atoms with Crippen LogP contribution in [-0.4, -0.2) is 27.0 Å². The number of hydrogen-bond donors (Lipinski definition) is 0. The second-order valence-electron chi connectivity index (χ2n) is 3.34. The first-order valence-electron chi connectivity index (χ1n) is 4.69. The number of carbonyl (C=O) groups excluding carboxylic acids is 1. The molecule has 0 N–H and O–H groups in total. The van der Waals surface area contributed by atoms with Crippen molar-refractivity contribution in [2.45, 2.75) is 5.51 Å². The lowest BCUT2D eigenvalue weighted by Crippen LogP contribution is -2.29. The Morgan fingerprint density at radius 1 is 1.14 bits per heavy atom. The molecule has 5 nitrogen and oxygen atoms in total. The van der Waals surface area contributed by atoms with Crippen LogP contribution in [0.5, 0.6) is 5.75 Å². The predicted octanol–water partition coefficient (Wildman–Crippen LogP) is 2.12. The van der Waals surface area contributed by atoms with Crippen molar-refractivity contribution in [3.63, 3.8) is 0 Å². The Labute approximate surface area is 113 Å². The Hall–Kier alpha value is -1.98. The van der Waals surface area contributed by atoms with E-state index in [9.17, 15) is 39.6 Å². The first kappa shape index (κ1) is 17.1. The summed E-state index contributed by atoms with van der Waals surface area (Å²) in [6.07, 6.45) is 0. The van der Waals surface area contributed by atoms with Crippen LogP contribution in [0.15, 0.2) is 6.07 Å². The summed E-state index contributed by atoms with van der Waals surface area (Å²) in [6.45, 7) is 0. The van der Waals surface area contributed by atoms with Crippen LogP contribution in [0.4, 0.5) is 26.3 Å². The fraction of sp³-hybridized carbons (Fsp3) is 0.222. The lowest BCUT2D eigenvalue weighted by atomic mass is 10.2. The molecule has 0 aliphatic heterocycles. The van der Waals surface area contributed by atoms with E-state index in [-0.39, 0.29) is 6.07 Å². The van der Waals surface area contributed by atoms with Gasteiger partial charge in [0.05, 0.1) is 7.11 Å². The Balaban J connectivity index is 3.51. The molecule has 0 saturated heterocycles. The number of halogens is 6. The average molecular weight is 338 g/mol. The van der Waals surface area contributed by atoms with Crippen LogP contribution in [-0.2, 0) is 14.9 Å². The highest BCUT2D eigenvalue weighted by molar-refractivity contribution is 7.88. The molecule has 0 saturated carbocycles. The van der Waals surface area contributed by atoms with E-state index in [1.807, 2.05) is 0 Å². The number of esters is 1. The second kappa shape index (κ2) is 5.42. The van der Waals surface area contributed by atoms with Gasteiger partial charge >= 0.3 is 21.6 Å². The minimum absolute atomic E-state index is 0.0242. The second-order valence-corrected chi connectivity index (χ2v) is 4.88. The summed E-state index contributed by atoms with van der Waals surface area (Å²) >= 11 is 0. The maximum Gasteiger partial charge on any atom is 0.534 e. The topological polar surface area (TPSA) is 69.7 Å². The zero-order chi connectivity index (χ0) is 16.6. The number of hydrogen-bond acceptors (Lipinski definition) is 5. The summed E-state index contributed by atoms with van der Waals surface area (Å²) in [6, 6.07) is -0.0242. The van der Waals surface area contributed by atoms with E-state index in [0.29, 0.717) is 0 Å². The van der Waals surface area contributed by atoms with E-state index in [1.54, 1.807) is 0 Å². The highest BCUT2D eigenvalue weighted by Crippen LogP contribution is 2.33. The average Bonchev–Trinajstić information content (AvgIpc) is 2.36. The molecule has 0 heterocycles.